The second-order valence-corrected chi connectivity index (χ2v) is 6.29. The molecule has 4 rings (SSSR count). The van der Waals surface area contributed by atoms with E-state index in [1.54, 1.807) is 0 Å². The van der Waals surface area contributed by atoms with Crippen molar-refractivity contribution in [3.8, 4) is 11.3 Å². The van der Waals surface area contributed by atoms with Gasteiger partial charge in [-0.2, -0.15) is 0 Å². The molecule has 3 amide bonds. The molecule has 148 valence electrons. The third-order valence-electron chi connectivity index (χ3n) is 4.39. The van der Waals surface area contributed by atoms with Gasteiger partial charge in [-0.1, -0.05) is 48.5 Å². The van der Waals surface area contributed by atoms with Gasteiger partial charge in [0.05, 0.1) is 0 Å². The molecule has 1 aromatic heterocycles. The standard InChI is InChI=1S/C22H14F2N4O2/c23-16-9-4-10-17(24)18(16)21(29)28-22(30)27-20-19(25-11-12-26-20)15-8-3-6-13-5-1-2-7-14(13)15/h1-12H,(H2,26,27,28,29,30). The van der Waals surface area contributed by atoms with Crippen LogP contribution in [0.4, 0.5) is 19.4 Å². The summed E-state index contributed by atoms with van der Waals surface area (Å²) < 4.78 is 27.5. The summed E-state index contributed by atoms with van der Waals surface area (Å²) in [5.74, 6) is -3.26. The highest BCUT2D eigenvalue weighted by Crippen LogP contribution is 2.30. The predicted molar refractivity (Wildman–Crippen MR) is 108 cm³/mol. The largest absolute Gasteiger partial charge is 0.327 e. The third-order valence-corrected chi connectivity index (χ3v) is 4.39. The summed E-state index contributed by atoms with van der Waals surface area (Å²) in [5.41, 5.74) is 0.262. The molecule has 2 N–H and O–H groups in total. The van der Waals surface area contributed by atoms with Crippen molar-refractivity contribution in [1.29, 1.82) is 0 Å². The summed E-state index contributed by atoms with van der Waals surface area (Å²) >= 11 is 0. The minimum atomic E-state index is -1.21. The maximum Gasteiger partial charge on any atom is 0.327 e. The van der Waals surface area contributed by atoms with Gasteiger partial charge in [-0.15, -0.1) is 0 Å². The Morgan fingerprint density at radius 3 is 2.27 bits per heavy atom. The smallest absolute Gasteiger partial charge is 0.290 e. The molecule has 1 heterocycles. The molecule has 0 bridgehead atoms. The molecule has 0 radical (unpaired) electrons. The van der Waals surface area contributed by atoms with E-state index in [1.807, 2.05) is 47.8 Å². The molecule has 8 heteroatoms. The van der Waals surface area contributed by atoms with Crippen LogP contribution < -0.4 is 10.6 Å². The number of hydrogen-bond acceptors (Lipinski definition) is 4. The Bertz CT molecular complexity index is 1250. The van der Waals surface area contributed by atoms with E-state index in [4.69, 9.17) is 0 Å². The summed E-state index contributed by atoms with van der Waals surface area (Å²) in [6, 6.07) is 15.2. The molecule has 6 nitrogen and oxygen atoms in total. The Kier molecular flexibility index (Phi) is 5.13. The van der Waals surface area contributed by atoms with Crippen molar-refractivity contribution in [2.75, 3.05) is 5.32 Å². The van der Waals surface area contributed by atoms with Gasteiger partial charge in [0.2, 0.25) is 0 Å². The highest BCUT2D eigenvalue weighted by atomic mass is 19.1. The molecule has 0 unspecified atom stereocenters. The number of benzene rings is 3. The zero-order chi connectivity index (χ0) is 21.1. The third kappa shape index (κ3) is 3.70. The van der Waals surface area contributed by atoms with E-state index in [1.165, 1.54) is 12.4 Å². The van der Waals surface area contributed by atoms with Crippen LogP contribution >= 0.6 is 0 Å². The Morgan fingerprint density at radius 2 is 1.47 bits per heavy atom. The average molecular weight is 404 g/mol. The minimum Gasteiger partial charge on any atom is -0.290 e. The maximum atomic E-state index is 13.8. The highest BCUT2D eigenvalue weighted by molar-refractivity contribution is 6.09. The lowest BCUT2D eigenvalue weighted by molar-refractivity contribution is 0.0959. The molecular formula is C22H14F2N4O2. The van der Waals surface area contributed by atoms with Crippen LogP contribution in [-0.2, 0) is 0 Å². The van der Waals surface area contributed by atoms with Gasteiger partial charge in [0.25, 0.3) is 5.91 Å². The topological polar surface area (TPSA) is 84.0 Å². The van der Waals surface area contributed by atoms with Crippen molar-refractivity contribution >= 4 is 28.5 Å². The van der Waals surface area contributed by atoms with E-state index in [9.17, 15) is 18.4 Å². The van der Waals surface area contributed by atoms with E-state index in [0.29, 0.717) is 5.69 Å². The Morgan fingerprint density at radius 1 is 0.800 bits per heavy atom. The van der Waals surface area contributed by atoms with Gasteiger partial charge in [-0.05, 0) is 22.9 Å². The summed E-state index contributed by atoms with van der Waals surface area (Å²) in [7, 11) is 0. The number of aromatic nitrogens is 2. The number of amides is 3. The summed E-state index contributed by atoms with van der Waals surface area (Å²) in [6.07, 6.45) is 2.85. The Balaban J connectivity index is 1.62. The SMILES string of the molecule is O=C(NC(=O)c1c(F)cccc1F)Nc1nccnc1-c1cccc2ccccc12. The van der Waals surface area contributed by atoms with Crippen molar-refractivity contribution in [2.24, 2.45) is 0 Å². The van der Waals surface area contributed by atoms with Crippen molar-refractivity contribution in [3.63, 3.8) is 0 Å². The van der Waals surface area contributed by atoms with Gasteiger partial charge >= 0.3 is 6.03 Å². The van der Waals surface area contributed by atoms with Crippen molar-refractivity contribution < 1.29 is 18.4 Å². The lowest BCUT2D eigenvalue weighted by Crippen LogP contribution is -2.35. The van der Waals surface area contributed by atoms with Gasteiger partial charge in [-0.3, -0.25) is 20.4 Å². The average Bonchev–Trinajstić information content (AvgIpc) is 2.73. The molecule has 3 aromatic carbocycles. The summed E-state index contributed by atoms with van der Waals surface area (Å²) in [4.78, 5) is 32.9. The minimum absolute atomic E-state index is 0.0909. The molecule has 0 saturated heterocycles. The predicted octanol–water partition coefficient (Wildman–Crippen LogP) is 4.54. The summed E-state index contributed by atoms with van der Waals surface area (Å²) in [5, 5.41) is 6.20. The van der Waals surface area contributed by atoms with Gasteiger partial charge < -0.3 is 0 Å². The number of anilines is 1. The van der Waals surface area contributed by atoms with Crippen molar-refractivity contribution in [2.45, 2.75) is 0 Å². The number of nitrogens with zero attached hydrogens (tertiary/aromatic N) is 2. The molecule has 0 aliphatic heterocycles. The zero-order valence-corrected chi connectivity index (χ0v) is 15.4. The van der Waals surface area contributed by atoms with Crippen LogP contribution in [0.15, 0.2) is 73.1 Å². The first-order valence-corrected chi connectivity index (χ1v) is 8.90. The number of urea groups is 1. The number of halogens is 2. The first-order valence-electron chi connectivity index (χ1n) is 8.90. The van der Waals surface area contributed by atoms with Crippen LogP contribution in [0, 0.1) is 11.6 Å². The first kappa shape index (κ1) is 19.1. The molecule has 4 aromatic rings. The van der Waals surface area contributed by atoms with Crippen molar-refractivity contribution in [3.05, 3.63) is 90.3 Å². The van der Waals surface area contributed by atoms with Gasteiger partial charge in [-0.25, -0.2) is 18.6 Å². The Hall–Kier alpha value is -4.20. The first-order chi connectivity index (χ1) is 14.5. The van der Waals surface area contributed by atoms with Gasteiger partial charge in [0.1, 0.15) is 22.9 Å². The molecule has 0 aliphatic rings. The van der Waals surface area contributed by atoms with Crippen LogP contribution in [0.5, 0.6) is 0 Å². The molecule has 0 atom stereocenters. The number of hydrogen-bond donors (Lipinski definition) is 2. The van der Waals surface area contributed by atoms with Crippen LogP contribution in [-0.4, -0.2) is 21.9 Å². The fourth-order valence-electron chi connectivity index (χ4n) is 3.08. The molecule has 0 spiro atoms. The lowest BCUT2D eigenvalue weighted by atomic mass is 10.0. The number of imide groups is 1. The van der Waals surface area contributed by atoms with Gasteiger partial charge in [0, 0.05) is 18.0 Å². The van der Waals surface area contributed by atoms with Crippen LogP contribution in [0.2, 0.25) is 0 Å². The molecule has 0 saturated carbocycles. The molecule has 0 fully saturated rings. The zero-order valence-electron chi connectivity index (χ0n) is 15.4. The van der Waals surface area contributed by atoms with Crippen LogP contribution in [0.25, 0.3) is 22.0 Å². The van der Waals surface area contributed by atoms with Gasteiger partial charge in [0.15, 0.2) is 5.82 Å². The fourth-order valence-corrected chi connectivity index (χ4v) is 3.08. The van der Waals surface area contributed by atoms with Crippen LogP contribution in [0.1, 0.15) is 10.4 Å². The number of nitrogens with one attached hydrogen (secondary N) is 2. The second-order valence-electron chi connectivity index (χ2n) is 6.29. The summed E-state index contributed by atoms with van der Waals surface area (Å²) in [6.45, 7) is 0. The monoisotopic (exact) mass is 404 g/mol. The Labute approximate surface area is 169 Å². The van der Waals surface area contributed by atoms with E-state index >= 15 is 0 Å². The van der Waals surface area contributed by atoms with E-state index < -0.39 is 29.1 Å². The van der Waals surface area contributed by atoms with E-state index in [2.05, 4.69) is 15.3 Å². The number of carbonyl (C=O) groups is 2. The quantitative estimate of drug-likeness (QED) is 0.525. The van der Waals surface area contributed by atoms with E-state index in [0.717, 1.165) is 34.5 Å². The van der Waals surface area contributed by atoms with Crippen LogP contribution in [0.3, 0.4) is 0 Å². The number of rotatable bonds is 3. The molecule has 30 heavy (non-hydrogen) atoms. The normalized spacial score (nSPS) is 10.6. The fraction of sp³-hybridized carbons (Fsp3) is 0. The lowest BCUT2D eigenvalue weighted by Gasteiger charge is -2.12. The molecular weight excluding hydrogens is 390 g/mol. The van der Waals surface area contributed by atoms with E-state index in [-0.39, 0.29) is 5.82 Å². The highest BCUT2D eigenvalue weighted by Gasteiger charge is 2.20. The van der Waals surface area contributed by atoms with Crippen molar-refractivity contribution in [1.82, 2.24) is 15.3 Å². The number of fused-ring (bicyclic) bond motifs is 1. The number of carbonyl (C=O) groups excluding carboxylic acids is 2. The molecule has 0 aliphatic carbocycles. The maximum absolute atomic E-state index is 13.8. The second kappa shape index (κ2) is 8.04.